The fraction of sp³-hybridized carbons (Fsp3) is 0.625. The van der Waals surface area contributed by atoms with Gasteiger partial charge >= 0.3 is 0 Å². The third-order valence-electron chi connectivity index (χ3n) is 4.03. The summed E-state index contributed by atoms with van der Waals surface area (Å²) in [5.41, 5.74) is 2.79. The van der Waals surface area contributed by atoms with Gasteiger partial charge in [-0.2, -0.15) is 0 Å². The van der Waals surface area contributed by atoms with Crippen molar-refractivity contribution in [2.75, 3.05) is 46.1 Å². The Labute approximate surface area is 117 Å². The molecule has 3 heteroatoms. The van der Waals surface area contributed by atoms with E-state index in [1.54, 1.807) is 0 Å². The third-order valence-corrected chi connectivity index (χ3v) is 4.03. The molecule has 0 aromatic heterocycles. The second-order valence-electron chi connectivity index (χ2n) is 5.87. The number of nitrogens with zero attached hydrogens (tertiary/aromatic N) is 2. The molecule has 0 radical (unpaired) electrons. The molecule has 1 unspecified atom stereocenters. The summed E-state index contributed by atoms with van der Waals surface area (Å²) in [4.78, 5) is 4.78. The zero-order valence-electron chi connectivity index (χ0n) is 12.5. The molecule has 19 heavy (non-hydrogen) atoms. The Morgan fingerprint density at radius 1 is 1.16 bits per heavy atom. The standard InChI is InChI=1S/C16H27N3/c1-18(2)11-6-12-19(3)15-10-9-14-7-4-5-8-16(14)17-13-15/h4-5,7-8,15,17H,6,9-13H2,1-3H3. The molecule has 0 bridgehead atoms. The van der Waals surface area contributed by atoms with Crippen molar-refractivity contribution in [1.29, 1.82) is 0 Å². The molecule has 1 atom stereocenters. The first-order chi connectivity index (χ1) is 9.16. The van der Waals surface area contributed by atoms with Crippen molar-refractivity contribution in [2.45, 2.75) is 25.3 Å². The number of anilines is 1. The molecule has 1 heterocycles. The zero-order chi connectivity index (χ0) is 13.7. The minimum atomic E-state index is 0.648. The molecule has 0 fully saturated rings. The summed E-state index contributed by atoms with van der Waals surface area (Å²) in [6.07, 6.45) is 3.68. The number of para-hydroxylation sites is 1. The summed E-state index contributed by atoms with van der Waals surface area (Å²) in [5.74, 6) is 0. The van der Waals surface area contributed by atoms with Crippen LogP contribution < -0.4 is 5.32 Å². The van der Waals surface area contributed by atoms with E-state index in [0.29, 0.717) is 6.04 Å². The first-order valence-electron chi connectivity index (χ1n) is 7.33. The van der Waals surface area contributed by atoms with Crippen LogP contribution in [0.2, 0.25) is 0 Å². The fourth-order valence-corrected chi connectivity index (χ4v) is 2.76. The second-order valence-corrected chi connectivity index (χ2v) is 5.87. The van der Waals surface area contributed by atoms with Gasteiger partial charge < -0.3 is 15.1 Å². The summed E-state index contributed by atoms with van der Waals surface area (Å²) in [7, 11) is 6.55. The first-order valence-corrected chi connectivity index (χ1v) is 7.33. The molecule has 1 N–H and O–H groups in total. The van der Waals surface area contributed by atoms with Crippen LogP contribution in [0.5, 0.6) is 0 Å². The molecule has 1 aliphatic heterocycles. The lowest BCUT2D eigenvalue weighted by Crippen LogP contribution is -2.38. The van der Waals surface area contributed by atoms with Crippen molar-refractivity contribution in [3.05, 3.63) is 29.8 Å². The Morgan fingerprint density at radius 3 is 2.74 bits per heavy atom. The Kier molecular flexibility index (Phi) is 5.23. The van der Waals surface area contributed by atoms with Crippen LogP contribution in [0.25, 0.3) is 0 Å². The van der Waals surface area contributed by atoms with E-state index in [4.69, 9.17) is 0 Å². The van der Waals surface area contributed by atoms with Gasteiger partial charge in [0.25, 0.3) is 0 Å². The van der Waals surface area contributed by atoms with Gasteiger partial charge in [-0.15, -0.1) is 0 Å². The molecule has 2 rings (SSSR count). The molecule has 0 spiro atoms. The Morgan fingerprint density at radius 2 is 1.95 bits per heavy atom. The first kappa shape index (κ1) is 14.4. The van der Waals surface area contributed by atoms with Crippen LogP contribution >= 0.6 is 0 Å². The predicted molar refractivity (Wildman–Crippen MR) is 82.8 cm³/mol. The highest BCUT2D eigenvalue weighted by Crippen LogP contribution is 2.22. The van der Waals surface area contributed by atoms with Crippen molar-refractivity contribution in [3.63, 3.8) is 0 Å². The van der Waals surface area contributed by atoms with Crippen LogP contribution in [0, 0.1) is 0 Å². The van der Waals surface area contributed by atoms with Gasteiger partial charge in [-0.25, -0.2) is 0 Å². The Balaban J connectivity index is 1.83. The lowest BCUT2D eigenvalue weighted by Gasteiger charge is -2.27. The maximum atomic E-state index is 3.60. The van der Waals surface area contributed by atoms with E-state index in [1.807, 2.05) is 0 Å². The molecule has 3 nitrogen and oxygen atoms in total. The molecular formula is C16H27N3. The number of rotatable bonds is 5. The van der Waals surface area contributed by atoms with E-state index < -0.39 is 0 Å². The number of likely N-dealkylation sites (N-methyl/N-ethyl adjacent to an activating group) is 1. The number of benzene rings is 1. The molecule has 0 aliphatic carbocycles. The minimum absolute atomic E-state index is 0.648. The summed E-state index contributed by atoms with van der Waals surface area (Å²) in [5, 5.41) is 3.60. The average Bonchev–Trinajstić information content (AvgIpc) is 2.60. The lowest BCUT2D eigenvalue weighted by molar-refractivity contribution is 0.228. The quantitative estimate of drug-likeness (QED) is 0.877. The highest BCUT2D eigenvalue weighted by Gasteiger charge is 2.18. The molecular weight excluding hydrogens is 234 g/mol. The van der Waals surface area contributed by atoms with Gasteiger partial charge in [-0.05, 0) is 65.1 Å². The third kappa shape index (κ3) is 4.22. The van der Waals surface area contributed by atoms with Crippen molar-refractivity contribution in [2.24, 2.45) is 0 Å². The maximum Gasteiger partial charge on any atom is 0.0373 e. The highest BCUT2D eigenvalue weighted by atomic mass is 15.2. The smallest absolute Gasteiger partial charge is 0.0373 e. The summed E-state index contributed by atoms with van der Waals surface area (Å²) < 4.78 is 0. The molecule has 1 aromatic carbocycles. The summed E-state index contributed by atoms with van der Waals surface area (Å²) >= 11 is 0. The topological polar surface area (TPSA) is 18.5 Å². The Bertz CT molecular complexity index is 362. The van der Waals surface area contributed by atoms with Gasteiger partial charge in [0.05, 0.1) is 0 Å². The summed E-state index contributed by atoms with van der Waals surface area (Å²) in [6.45, 7) is 3.42. The minimum Gasteiger partial charge on any atom is -0.383 e. The number of hydrogen-bond acceptors (Lipinski definition) is 3. The van der Waals surface area contributed by atoms with Gasteiger partial charge in [0, 0.05) is 18.3 Å². The van der Waals surface area contributed by atoms with E-state index in [1.165, 1.54) is 43.6 Å². The summed E-state index contributed by atoms with van der Waals surface area (Å²) in [6, 6.07) is 9.35. The second kappa shape index (κ2) is 6.92. The zero-order valence-corrected chi connectivity index (χ0v) is 12.5. The molecule has 0 saturated heterocycles. The van der Waals surface area contributed by atoms with Gasteiger partial charge in [0.1, 0.15) is 0 Å². The van der Waals surface area contributed by atoms with Crippen molar-refractivity contribution >= 4 is 5.69 Å². The van der Waals surface area contributed by atoms with E-state index in [2.05, 4.69) is 60.5 Å². The van der Waals surface area contributed by atoms with Crippen LogP contribution in [-0.2, 0) is 6.42 Å². The van der Waals surface area contributed by atoms with Crippen LogP contribution in [0.15, 0.2) is 24.3 Å². The lowest BCUT2D eigenvalue weighted by atomic mass is 10.1. The molecule has 106 valence electrons. The van der Waals surface area contributed by atoms with Gasteiger partial charge in [-0.1, -0.05) is 18.2 Å². The van der Waals surface area contributed by atoms with Crippen LogP contribution in [0.1, 0.15) is 18.4 Å². The molecule has 1 aromatic rings. The van der Waals surface area contributed by atoms with E-state index in [0.717, 1.165) is 6.54 Å². The van der Waals surface area contributed by atoms with Crippen molar-refractivity contribution < 1.29 is 0 Å². The van der Waals surface area contributed by atoms with Gasteiger partial charge in [0.15, 0.2) is 0 Å². The van der Waals surface area contributed by atoms with E-state index >= 15 is 0 Å². The molecule has 0 saturated carbocycles. The van der Waals surface area contributed by atoms with E-state index in [9.17, 15) is 0 Å². The fourth-order valence-electron chi connectivity index (χ4n) is 2.76. The number of aryl methyl sites for hydroxylation is 1. The highest BCUT2D eigenvalue weighted by molar-refractivity contribution is 5.52. The predicted octanol–water partition coefficient (Wildman–Crippen LogP) is 2.30. The van der Waals surface area contributed by atoms with Crippen LogP contribution in [-0.4, -0.2) is 56.6 Å². The maximum absolute atomic E-state index is 3.60. The van der Waals surface area contributed by atoms with Gasteiger partial charge in [0.2, 0.25) is 0 Å². The van der Waals surface area contributed by atoms with Crippen LogP contribution in [0.4, 0.5) is 5.69 Å². The van der Waals surface area contributed by atoms with Crippen molar-refractivity contribution in [3.8, 4) is 0 Å². The van der Waals surface area contributed by atoms with Crippen molar-refractivity contribution in [1.82, 2.24) is 9.80 Å². The molecule has 1 aliphatic rings. The Hall–Kier alpha value is -1.06. The largest absolute Gasteiger partial charge is 0.383 e. The normalized spacial score (nSPS) is 19.1. The van der Waals surface area contributed by atoms with E-state index in [-0.39, 0.29) is 0 Å². The SMILES string of the molecule is CN(C)CCCN(C)C1CCc2ccccc2NC1. The van der Waals surface area contributed by atoms with Gasteiger partial charge in [-0.3, -0.25) is 0 Å². The number of fused-ring (bicyclic) bond motifs is 1. The number of nitrogens with one attached hydrogen (secondary N) is 1. The number of hydrogen-bond donors (Lipinski definition) is 1. The monoisotopic (exact) mass is 261 g/mol. The molecule has 0 amide bonds. The average molecular weight is 261 g/mol. The van der Waals surface area contributed by atoms with Crippen LogP contribution in [0.3, 0.4) is 0 Å².